The molecule has 0 bridgehead atoms. The molecule has 0 aliphatic heterocycles. The van der Waals surface area contributed by atoms with Crippen LogP contribution in [0.4, 0.5) is 0 Å². The lowest BCUT2D eigenvalue weighted by molar-refractivity contribution is -0.120. The van der Waals surface area contributed by atoms with Crippen LogP contribution in [0.5, 0.6) is 0 Å². The summed E-state index contributed by atoms with van der Waals surface area (Å²) in [6.45, 7) is 0.452. The van der Waals surface area contributed by atoms with E-state index in [4.69, 9.17) is 11.6 Å². The minimum Gasteiger partial charge on any atom is -0.352 e. The van der Waals surface area contributed by atoms with Gasteiger partial charge in [0.2, 0.25) is 5.91 Å². The molecule has 92 valence electrons. The van der Waals surface area contributed by atoms with Gasteiger partial charge in [-0.1, -0.05) is 17.7 Å². The molecule has 0 unspecified atom stereocenters. The lowest BCUT2D eigenvalue weighted by atomic mass is 10.2. The molecule has 5 nitrogen and oxygen atoms in total. The summed E-state index contributed by atoms with van der Waals surface area (Å²) in [6.07, 6.45) is 3.58. The number of nitrogens with one attached hydrogen (secondary N) is 1. The molecule has 0 aliphatic carbocycles. The molecule has 2 aromatic rings. The van der Waals surface area contributed by atoms with E-state index in [-0.39, 0.29) is 12.3 Å². The predicted molar refractivity (Wildman–Crippen MR) is 66.8 cm³/mol. The largest absolute Gasteiger partial charge is 0.352 e. The first-order chi connectivity index (χ1) is 8.74. The molecular formula is C12H11ClN4O. The van der Waals surface area contributed by atoms with Crippen LogP contribution in [-0.4, -0.2) is 21.1 Å². The highest BCUT2D eigenvalue weighted by Gasteiger charge is 2.05. The topological polar surface area (TPSA) is 67.8 Å². The van der Waals surface area contributed by atoms with E-state index in [2.05, 4.69) is 20.5 Å². The van der Waals surface area contributed by atoms with Crippen molar-refractivity contribution in [3.63, 3.8) is 0 Å². The van der Waals surface area contributed by atoms with Gasteiger partial charge in [0.05, 0.1) is 12.1 Å². The van der Waals surface area contributed by atoms with Gasteiger partial charge in [-0.05, 0) is 23.8 Å². The van der Waals surface area contributed by atoms with Crippen molar-refractivity contribution in [1.82, 2.24) is 20.5 Å². The summed E-state index contributed by atoms with van der Waals surface area (Å²) in [5.74, 6) is -0.115. The first-order valence-corrected chi connectivity index (χ1v) is 5.75. The van der Waals surface area contributed by atoms with Crippen molar-refractivity contribution in [2.24, 2.45) is 0 Å². The maximum atomic E-state index is 11.6. The fourth-order valence-electron chi connectivity index (χ4n) is 1.37. The van der Waals surface area contributed by atoms with Gasteiger partial charge in [0.15, 0.2) is 5.15 Å². The second kappa shape index (κ2) is 6.07. The van der Waals surface area contributed by atoms with Gasteiger partial charge < -0.3 is 5.32 Å². The van der Waals surface area contributed by atoms with Crippen LogP contribution in [0.1, 0.15) is 11.3 Å². The molecule has 0 spiro atoms. The average molecular weight is 263 g/mol. The summed E-state index contributed by atoms with van der Waals surface area (Å²) >= 11 is 5.61. The Morgan fingerprint density at radius 1 is 1.28 bits per heavy atom. The molecule has 0 fully saturated rings. The summed E-state index contributed by atoms with van der Waals surface area (Å²) in [7, 11) is 0. The van der Waals surface area contributed by atoms with E-state index >= 15 is 0 Å². The van der Waals surface area contributed by atoms with Crippen molar-refractivity contribution in [2.75, 3.05) is 0 Å². The van der Waals surface area contributed by atoms with Crippen molar-refractivity contribution < 1.29 is 4.79 Å². The number of hydrogen-bond donors (Lipinski definition) is 1. The number of halogens is 1. The zero-order valence-electron chi connectivity index (χ0n) is 9.51. The number of hydrogen-bond acceptors (Lipinski definition) is 4. The van der Waals surface area contributed by atoms with Gasteiger partial charge >= 0.3 is 0 Å². The van der Waals surface area contributed by atoms with E-state index in [0.717, 1.165) is 5.56 Å². The van der Waals surface area contributed by atoms with Gasteiger partial charge in [0.1, 0.15) is 0 Å². The third kappa shape index (κ3) is 3.78. The number of carbonyl (C=O) groups is 1. The van der Waals surface area contributed by atoms with Crippen LogP contribution in [0.2, 0.25) is 5.15 Å². The number of amides is 1. The minimum atomic E-state index is -0.115. The molecule has 1 N–H and O–H groups in total. The van der Waals surface area contributed by atoms with Crippen molar-refractivity contribution in [2.45, 2.75) is 13.0 Å². The molecule has 0 saturated heterocycles. The first kappa shape index (κ1) is 12.4. The highest BCUT2D eigenvalue weighted by molar-refractivity contribution is 6.29. The van der Waals surface area contributed by atoms with Crippen molar-refractivity contribution in [1.29, 1.82) is 0 Å². The Morgan fingerprint density at radius 2 is 2.17 bits per heavy atom. The molecule has 2 aromatic heterocycles. The first-order valence-electron chi connectivity index (χ1n) is 5.38. The Hall–Kier alpha value is -2.01. The third-order valence-electron chi connectivity index (χ3n) is 2.24. The smallest absolute Gasteiger partial charge is 0.226 e. The number of rotatable bonds is 4. The van der Waals surface area contributed by atoms with Gasteiger partial charge in [-0.15, -0.1) is 5.10 Å². The lowest BCUT2D eigenvalue weighted by Crippen LogP contribution is -2.25. The monoisotopic (exact) mass is 262 g/mol. The van der Waals surface area contributed by atoms with Crippen LogP contribution >= 0.6 is 11.6 Å². The van der Waals surface area contributed by atoms with Crippen LogP contribution in [0.25, 0.3) is 0 Å². The predicted octanol–water partition coefficient (Wildman–Crippen LogP) is 1.38. The van der Waals surface area contributed by atoms with Crippen molar-refractivity contribution in [3.8, 4) is 0 Å². The molecule has 2 rings (SSSR count). The molecule has 0 aliphatic rings. The summed E-state index contributed by atoms with van der Waals surface area (Å²) in [5.41, 5.74) is 1.54. The van der Waals surface area contributed by atoms with E-state index in [1.54, 1.807) is 24.5 Å². The van der Waals surface area contributed by atoms with E-state index in [9.17, 15) is 4.79 Å². The number of carbonyl (C=O) groups excluding carboxylic acids is 1. The zero-order chi connectivity index (χ0) is 12.8. The molecule has 18 heavy (non-hydrogen) atoms. The fraction of sp³-hybridized carbons (Fsp3) is 0.167. The van der Waals surface area contributed by atoms with Gasteiger partial charge in [-0.25, -0.2) is 0 Å². The third-order valence-corrected chi connectivity index (χ3v) is 2.44. The molecule has 2 heterocycles. The van der Waals surface area contributed by atoms with Crippen molar-refractivity contribution in [3.05, 3.63) is 53.1 Å². The van der Waals surface area contributed by atoms with Gasteiger partial charge in [0.25, 0.3) is 0 Å². The SMILES string of the molecule is O=C(Cc1ccc(Cl)nn1)NCc1cccnc1. The Bertz CT molecular complexity index is 515. The van der Waals surface area contributed by atoms with Crippen LogP contribution in [-0.2, 0) is 17.8 Å². The Balaban J connectivity index is 1.84. The molecule has 0 aromatic carbocycles. The molecule has 1 amide bonds. The highest BCUT2D eigenvalue weighted by Crippen LogP contribution is 2.02. The van der Waals surface area contributed by atoms with Crippen LogP contribution < -0.4 is 5.32 Å². The van der Waals surface area contributed by atoms with E-state index in [1.807, 2.05) is 12.1 Å². The number of aromatic nitrogens is 3. The molecule has 0 atom stereocenters. The Morgan fingerprint density at radius 3 is 2.83 bits per heavy atom. The maximum Gasteiger partial charge on any atom is 0.226 e. The van der Waals surface area contributed by atoms with Crippen molar-refractivity contribution >= 4 is 17.5 Å². The maximum absolute atomic E-state index is 11.6. The van der Waals surface area contributed by atoms with Crippen LogP contribution in [0.3, 0.4) is 0 Å². The molecular weight excluding hydrogens is 252 g/mol. The summed E-state index contributed by atoms with van der Waals surface area (Å²) < 4.78 is 0. The second-order valence-corrected chi connectivity index (χ2v) is 4.05. The van der Waals surface area contributed by atoms with Gasteiger partial charge in [-0.2, -0.15) is 5.10 Å². The summed E-state index contributed by atoms with van der Waals surface area (Å²) in [5, 5.41) is 10.6. The van der Waals surface area contributed by atoms with Gasteiger partial charge in [0, 0.05) is 18.9 Å². The average Bonchev–Trinajstić information content (AvgIpc) is 2.40. The number of pyridine rings is 1. The normalized spacial score (nSPS) is 10.1. The molecule has 6 heteroatoms. The molecule has 0 radical (unpaired) electrons. The molecule has 0 saturated carbocycles. The highest BCUT2D eigenvalue weighted by atomic mass is 35.5. The van der Waals surface area contributed by atoms with Crippen LogP contribution in [0.15, 0.2) is 36.7 Å². The zero-order valence-corrected chi connectivity index (χ0v) is 10.3. The van der Waals surface area contributed by atoms with E-state index in [0.29, 0.717) is 17.4 Å². The fourth-order valence-corrected chi connectivity index (χ4v) is 1.47. The van der Waals surface area contributed by atoms with Crippen LogP contribution in [0, 0.1) is 0 Å². The van der Waals surface area contributed by atoms with Gasteiger partial charge in [-0.3, -0.25) is 9.78 Å². The second-order valence-electron chi connectivity index (χ2n) is 3.66. The minimum absolute atomic E-state index is 0.115. The quantitative estimate of drug-likeness (QED) is 0.904. The summed E-state index contributed by atoms with van der Waals surface area (Å²) in [6, 6.07) is 7.01. The summed E-state index contributed by atoms with van der Waals surface area (Å²) in [4.78, 5) is 15.6. The lowest BCUT2D eigenvalue weighted by Gasteiger charge is -2.04. The Kier molecular flexibility index (Phi) is 4.20. The van der Waals surface area contributed by atoms with E-state index < -0.39 is 0 Å². The number of nitrogens with zero attached hydrogens (tertiary/aromatic N) is 3. The Labute approximate surface area is 109 Å². The van der Waals surface area contributed by atoms with E-state index in [1.165, 1.54) is 0 Å². The standard InChI is InChI=1S/C12H11ClN4O/c13-11-4-3-10(16-17-11)6-12(18)15-8-9-2-1-5-14-7-9/h1-5,7H,6,8H2,(H,15,18).